The molecular formula is C28H28O4. The number of aliphatic hydroxyl groups excluding tert-OH is 1. The first-order chi connectivity index (χ1) is 15.5. The molecule has 4 heteroatoms. The van der Waals surface area contributed by atoms with Gasteiger partial charge in [0, 0.05) is 6.42 Å². The van der Waals surface area contributed by atoms with Crippen LogP contribution in [-0.2, 0) is 23.2 Å². The minimum atomic E-state index is -0.408. The smallest absolute Gasteiger partial charge is 0.231 e. The van der Waals surface area contributed by atoms with Crippen LogP contribution in [0, 0.1) is 0 Å². The summed E-state index contributed by atoms with van der Waals surface area (Å²) in [6, 6.07) is 20.3. The predicted octanol–water partition coefficient (Wildman–Crippen LogP) is 5.54. The molecule has 3 aromatic rings. The first-order valence-electron chi connectivity index (χ1n) is 11.3. The second-order valence-electron chi connectivity index (χ2n) is 9.18. The highest BCUT2D eigenvalue weighted by atomic mass is 16.7. The van der Waals surface area contributed by atoms with E-state index < -0.39 is 5.41 Å². The summed E-state index contributed by atoms with van der Waals surface area (Å²) in [4.78, 5) is 13.5. The van der Waals surface area contributed by atoms with Gasteiger partial charge in [-0.15, -0.1) is 0 Å². The van der Waals surface area contributed by atoms with Crippen LogP contribution in [0.2, 0.25) is 0 Å². The average molecular weight is 429 g/mol. The van der Waals surface area contributed by atoms with E-state index in [1.54, 1.807) is 0 Å². The molecule has 32 heavy (non-hydrogen) atoms. The number of Topliss-reactive ketones (excluding diaryl/α,β-unsaturated/α-hetero) is 1. The molecule has 1 saturated carbocycles. The van der Waals surface area contributed by atoms with Gasteiger partial charge in [-0.1, -0.05) is 56.3 Å². The van der Waals surface area contributed by atoms with Crippen LogP contribution in [-0.4, -0.2) is 17.7 Å². The van der Waals surface area contributed by atoms with Crippen molar-refractivity contribution in [2.75, 3.05) is 6.79 Å². The lowest BCUT2D eigenvalue weighted by atomic mass is 9.85. The van der Waals surface area contributed by atoms with Crippen LogP contribution >= 0.6 is 0 Å². The molecule has 1 N–H and O–H groups in total. The van der Waals surface area contributed by atoms with Crippen molar-refractivity contribution in [3.63, 3.8) is 0 Å². The molecule has 0 bridgehead atoms. The van der Waals surface area contributed by atoms with Gasteiger partial charge in [-0.3, -0.25) is 4.79 Å². The Labute approximate surface area is 188 Å². The summed E-state index contributed by atoms with van der Waals surface area (Å²) in [5.41, 5.74) is 5.98. The fourth-order valence-corrected chi connectivity index (χ4v) is 4.71. The lowest BCUT2D eigenvalue weighted by molar-refractivity contribution is -0.120. The molecule has 4 nitrogen and oxygen atoms in total. The van der Waals surface area contributed by atoms with E-state index in [-0.39, 0.29) is 19.2 Å². The second-order valence-corrected chi connectivity index (χ2v) is 9.18. The van der Waals surface area contributed by atoms with Gasteiger partial charge in [-0.2, -0.15) is 0 Å². The highest BCUT2D eigenvalue weighted by Crippen LogP contribution is 2.51. The van der Waals surface area contributed by atoms with Crippen molar-refractivity contribution in [2.45, 2.75) is 51.0 Å². The van der Waals surface area contributed by atoms with Gasteiger partial charge in [0.1, 0.15) is 5.78 Å². The van der Waals surface area contributed by atoms with Crippen LogP contribution < -0.4 is 9.47 Å². The first-order valence-corrected chi connectivity index (χ1v) is 11.3. The van der Waals surface area contributed by atoms with Crippen LogP contribution in [0.1, 0.15) is 54.9 Å². The normalized spacial score (nSPS) is 15.8. The maximum absolute atomic E-state index is 13.5. The molecule has 0 amide bonds. The van der Waals surface area contributed by atoms with E-state index in [1.165, 1.54) is 5.56 Å². The zero-order valence-corrected chi connectivity index (χ0v) is 18.6. The van der Waals surface area contributed by atoms with E-state index in [0.717, 1.165) is 52.2 Å². The van der Waals surface area contributed by atoms with Crippen molar-refractivity contribution in [2.24, 2.45) is 0 Å². The Morgan fingerprint density at radius 1 is 0.969 bits per heavy atom. The predicted molar refractivity (Wildman–Crippen MR) is 124 cm³/mol. The number of fused-ring (bicyclic) bond motifs is 1. The van der Waals surface area contributed by atoms with Crippen LogP contribution in [0.5, 0.6) is 11.5 Å². The highest BCUT2D eigenvalue weighted by molar-refractivity contribution is 5.95. The van der Waals surface area contributed by atoms with E-state index in [1.807, 2.05) is 36.4 Å². The van der Waals surface area contributed by atoms with Gasteiger partial charge in [0.2, 0.25) is 6.79 Å². The molecule has 0 unspecified atom stereocenters. The van der Waals surface area contributed by atoms with Crippen molar-refractivity contribution >= 4 is 5.78 Å². The molecular weight excluding hydrogens is 400 g/mol. The van der Waals surface area contributed by atoms with Crippen LogP contribution in [0.15, 0.2) is 60.7 Å². The van der Waals surface area contributed by atoms with E-state index in [0.29, 0.717) is 12.3 Å². The van der Waals surface area contributed by atoms with Crippen molar-refractivity contribution in [1.29, 1.82) is 0 Å². The monoisotopic (exact) mass is 428 g/mol. The van der Waals surface area contributed by atoms with E-state index >= 15 is 0 Å². The zero-order chi connectivity index (χ0) is 22.3. The number of benzene rings is 3. The number of carbonyl (C=O) groups excluding carboxylic acids is 1. The summed E-state index contributed by atoms with van der Waals surface area (Å²) in [6.45, 7) is 4.61. The minimum absolute atomic E-state index is 0.0150. The van der Waals surface area contributed by atoms with E-state index in [4.69, 9.17) is 9.47 Å². The number of ether oxygens (including phenoxy) is 2. The Balaban J connectivity index is 1.44. The van der Waals surface area contributed by atoms with Gasteiger partial charge in [-0.25, -0.2) is 0 Å². The Bertz CT molecular complexity index is 1170. The maximum atomic E-state index is 13.5. The molecule has 0 radical (unpaired) electrons. The largest absolute Gasteiger partial charge is 0.454 e. The molecule has 5 rings (SSSR count). The molecule has 1 aliphatic carbocycles. The highest BCUT2D eigenvalue weighted by Gasteiger charge is 2.50. The Hall–Kier alpha value is -3.11. The Kier molecular flexibility index (Phi) is 5.26. The van der Waals surface area contributed by atoms with Gasteiger partial charge in [0.25, 0.3) is 0 Å². The quantitative estimate of drug-likeness (QED) is 0.537. The summed E-state index contributed by atoms with van der Waals surface area (Å²) in [6.07, 6.45) is 2.15. The third kappa shape index (κ3) is 3.69. The molecule has 1 heterocycles. The molecule has 2 aliphatic rings. The molecule has 164 valence electrons. The fraction of sp³-hybridized carbons (Fsp3) is 0.321. The number of aliphatic hydroxyl groups is 1. The Morgan fingerprint density at radius 2 is 1.78 bits per heavy atom. The van der Waals surface area contributed by atoms with Crippen molar-refractivity contribution in [1.82, 2.24) is 0 Å². The SMILES string of the molecule is CC(C)c1ccc(CC(=O)C2(c3ccc4c(c3)OCO4)CC2)cc1-c1cccc(CO)c1. The van der Waals surface area contributed by atoms with Gasteiger partial charge < -0.3 is 14.6 Å². The van der Waals surface area contributed by atoms with Crippen LogP contribution in [0.3, 0.4) is 0 Å². The topological polar surface area (TPSA) is 55.8 Å². The van der Waals surface area contributed by atoms with Gasteiger partial charge in [-0.05, 0) is 70.3 Å². The first kappa shape index (κ1) is 20.8. The molecule has 0 spiro atoms. The zero-order valence-electron chi connectivity index (χ0n) is 18.6. The summed E-state index contributed by atoms with van der Waals surface area (Å²) in [5, 5.41) is 9.56. The maximum Gasteiger partial charge on any atom is 0.231 e. The van der Waals surface area contributed by atoms with Crippen molar-refractivity contribution < 1.29 is 19.4 Å². The fourth-order valence-electron chi connectivity index (χ4n) is 4.71. The second kappa shape index (κ2) is 8.10. The lowest BCUT2D eigenvalue weighted by Crippen LogP contribution is -2.22. The lowest BCUT2D eigenvalue weighted by Gasteiger charge is -2.18. The number of carbonyl (C=O) groups is 1. The third-order valence-electron chi connectivity index (χ3n) is 6.73. The molecule has 3 aromatic carbocycles. The van der Waals surface area contributed by atoms with Gasteiger partial charge in [0.05, 0.1) is 12.0 Å². The van der Waals surface area contributed by atoms with Crippen molar-refractivity contribution in [3.8, 4) is 22.6 Å². The van der Waals surface area contributed by atoms with Crippen LogP contribution in [0.4, 0.5) is 0 Å². The summed E-state index contributed by atoms with van der Waals surface area (Å²) < 4.78 is 10.9. The summed E-state index contributed by atoms with van der Waals surface area (Å²) >= 11 is 0. The molecule has 1 aliphatic heterocycles. The van der Waals surface area contributed by atoms with Gasteiger partial charge in [0.15, 0.2) is 11.5 Å². The van der Waals surface area contributed by atoms with E-state index in [2.05, 4.69) is 38.1 Å². The van der Waals surface area contributed by atoms with Crippen LogP contribution in [0.25, 0.3) is 11.1 Å². The molecule has 0 atom stereocenters. The van der Waals surface area contributed by atoms with Crippen molar-refractivity contribution in [3.05, 3.63) is 82.9 Å². The molecule has 0 saturated heterocycles. The Morgan fingerprint density at radius 3 is 2.53 bits per heavy atom. The number of hydrogen-bond donors (Lipinski definition) is 1. The minimum Gasteiger partial charge on any atom is -0.454 e. The third-order valence-corrected chi connectivity index (χ3v) is 6.73. The molecule has 1 fully saturated rings. The summed E-state index contributed by atoms with van der Waals surface area (Å²) in [7, 11) is 0. The molecule has 0 aromatic heterocycles. The van der Waals surface area contributed by atoms with E-state index in [9.17, 15) is 9.90 Å². The number of rotatable bonds is 7. The summed E-state index contributed by atoms with van der Waals surface area (Å²) in [5.74, 6) is 2.09. The average Bonchev–Trinajstić information content (AvgIpc) is 3.49. The number of ketones is 1. The number of hydrogen-bond acceptors (Lipinski definition) is 4. The van der Waals surface area contributed by atoms with Gasteiger partial charge >= 0.3 is 0 Å². The standard InChI is InChI=1S/C28H28O4/c1-18(2)23-8-6-19(13-24(23)21-5-3-4-20(12-21)16-29)14-27(30)28(10-11-28)22-7-9-25-26(15-22)32-17-31-25/h3-9,12-13,15,18,29H,10-11,14,16-17H2,1-2H3.